The Morgan fingerprint density at radius 2 is 1.60 bits per heavy atom. The Bertz CT molecular complexity index is 2040. The first-order valence-electron chi connectivity index (χ1n) is 14.3. The summed E-state index contributed by atoms with van der Waals surface area (Å²) in [6.45, 7) is -0.216. The summed E-state index contributed by atoms with van der Waals surface area (Å²) in [5.41, 5.74) is 2.96. The summed E-state index contributed by atoms with van der Waals surface area (Å²) in [5.74, 6) is -2.21. The lowest BCUT2D eigenvalue weighted by molar-refractivity contribution is -0.122. The van der Waals surface area contributed by atoms with Gasteiger partial charge in [0.25, 0.3) is 0 Å². The number of carbonyl (C=O) groups excluding carboxylic acids is 3. The molecular weight excluding hydrogens is 672 g/mol. The molecule has 2 aliphatic rings. The van der Waals surface area contributed by atoms with Gasteiger partial charge in [-0.05, 0) is 64.9 Å². The normalized spacial score (nSPS) is 19.0. The van der Waals surface area contributed by atoms with Crippen molar-refractivity contribution >= 4 is 84.6 Å². The van der Waals surface area contributed by atoms with Crippen molar-refractivity contribution in [2.45, 2.75) is 22.7 Å². The highest BCUT2D eigenvalue weighted by Gasteiger charge is 2.56. The van der Waals surface area contributed by atoms with Gasteiger partial charge in [-0.2, -0.15) is 0 Å². The van der Waals surface area contributed by atoms with Gasteiger partial charge in [0.05, 0.1) is 16.6 Å². The summed E-state index contributed by atoms with van der Waals surface area (Å²) in [5, 5.41) is 4.77. The molecule has 2 unspecified atom stereocenters. The molecule has 3 heterocycles. The molecule has 0 radical (unpaired) electrons. The van der Waals surface area contributed by atoms with Gasteiger partial charge in [0.15, 0.2) is 0 Å². The molecule has 2 aliphatic heterocycles. The summed E-state index contributed by atoms with van der Waals surface area (Å²) in [6, 6.07) is 28.5. The van der Waals surface area contributed by atoms with Crippen molar-refractivity contribution in [1.29, 1.82) is 0 Å². The maximum atomic E-state index is 14.1. The molecule has 1 saturated heterocycles. The van der Waals surface area contributed by atoms with E-state index in [1.54, 1.807) is 24.3 Å². The van der Waals surface area contributed by atoms with Crippen molar-refractivity contribution in [3.63, 3.8) is 0 Å². The number of nitrogens with zero attached hydrogens (tertiary/aromatic N) is 3. The predicted octanol–water partition coefficient (Wildman–Crippen LogP) is 6.33. The number of imide groups is 1. The van der Waals surface area contributed by atoms with Gasteiger partial charge in [-0.15, -0.1) is 0 Å². The Hall–Kier alpha value is -4.19. The lowest BCUT2D eigenvalue weighted by Crippen LogP contribution is -2.33. The molecular formula is C34H27BrN4O4S2. The number of halogens is 1. The van der Waals surface area contributed by atoms with Crippen LogP contribution < -0.4 is 20.0 Å². The molecule has 45 heavy (non-hydrogen) atoms. The molecule has 0 spiro atoms. The van der Waals surface area contributed by atoms with Crippen molar-refractivity contribution in [2.75, 3.05) is 29.2 Å². The number of carbonyl (C=O) groups is 3. The van der Waals surface area contributed by atoms with Crippen LogP contribution in [0, 0.1) is 5.92 Å². The number of thiazole rings is 1. The van der Waals surface area contributed by atoms with E-state index in [2.05, 4.69) is 21.2 Å². The number of thioether (sulfide) groups is 1. The van der Waals surface area contributed by atoms with Crippen molar-refractivity contribution in [3.8, 4) is 0 Å². The second-order valence-corrected chi connectivity index (χ2v) is 14.3. The fourth-order valence-electron chi connectivity index (χ4n) is 6.05. The van der Waals surface area contributed by atoms with E-state index < -0.39 is 17.1 Å². The van der Waals surface area contributed by atoms with E-state index >= 15 is 0 Å². The monoisotopic (exact) mass is 698 g/mol. The standard InChI is InChI=1S/C34H27BrN4O4S2/c1-37(2)24-13-8-20(9-14-24)27-28-29(32(42)39(31(28)41)25-15-10-22(35)11-16-25)44-33-30(27)45-34(43)38(33)18-26(40)36-23-12-7-19-5-3-4-6-21(19)17-23/h3-17,27-29H,18H2,1-2H3,(H,36,40)/t27-,28?,29?/m1/s1. The minimum Gasteiger partial charge on any atom is -0.378 e. The zero-order valence-electron chi connectivity index (χ0n) is 24.3. The maximum Gasteiger partial charge on any atom is 0.308 e. The third-order valence-corrected chi connectivity index (χ3v) is 11.4. The highest BCUT2D eigenvalue weighted by Crippen LogP contribution is 2.54. The lowest BCUT2D eigenvalue weighted by atomic mass is 9.83. The molecule has 8 nitrogen and oxygen atoms in total. The number of amides is 3. The Labute approximate surface area is 275 Å². The van der Waals surface area contributed by atoms with Gasteiger partial charge >= 0.3 is 4.87 Å². The molecule has 0 bridgehead atoms. The average molecular weight is 700 g/mol. The summed E-state index contributed by atoms with van der Waals surface area (Å²) in [4.78, 5) is 58.5. The zero-order chi connectivity index (χ0) is 31.4. The van der Waals surface area contributed by atoms with Crippen molar-refractivity contribution < 1.29 is 14.4 Å². The Morgan fingerprint density at radius 1 is 0.889 bits per heavy atom. The van der Waals surface area contributed by atoms with Crippen molar-refractivity contribution in [3.05, 3.63) is 116 Å². The third-order valence-electron chi connectivity index (χ3n) is 8.24. The van der Waals surface area contributed by atoms with Crippen molar-refractivity contribution in [2.24, 2.45) is 5.92 Å². The molecule has 226 valence electrons. The molecule has 4 aromatic carbocycles. The van der Waals surface area contributed by atoms with Crippen molar-refractivity contribution in [1.82, 2.24) is 4.57 Å². The number of anilines is 3. The highest BCUT2D eigenvalue weighted by molar-refractivity contribution is 9.10. The number of nitrogens with one attached hydrogen (secondary N) is 1. The average Bonchev–Trinajstić information content (AvgIpc) is 3.47. The minimum atomic E-state index is -0.754. The zero-order valence-corrected chi connectivity index (χ0v) is 27.5. The van der Waals surface area contributed by atoms with E-state index in [9.17, 15) is 19.2 Å². The van der Waals surface area contributed by atoms with Crippen LogP contribution in [0.5, 0.6) is 0 Å². The molecule has 3 atom stereocenters. The van der Waals surface area contributed by atoms with E-state index in [0.717, 1.165) is 37.8 Å². The molecule has 3 amide bonds. The summed E-state index contributed by atoms with van der Waals surface area (Å²) < 4.78 is 2.28. The Kier molecular flexibility index (Phi) is 7.63. The van der Waals surface area contributed by atoms with Crippen LogP contribution in [-0.2, 0) is 20.9 Å². The molecule has 1 fully saturated rings. The number of hydrogen-bond donors (Lipinski definition) is 1. The molecule has 1 aromatic heterocycles. The second-order valence-electron chi connectivity index (χ2n) is 11.2. The SMILES string of the molecule is CN(C)c1ccc([C@H]2c3sc(=O)n(CC(=O)Nc4ccc5ccccc5c4)c3SC3C(=O)N(c4ccc(Br)cc4)C(=O)C32)cc1. The van der Waals surface area contributed by atoms with Crippen LogP contribution in [0.2, 0.25) is 0 Å². The summed E-state index contributed by atoms with van der Waals surface area (Å²) in [7, 11) is 3.90. The molecule has 5 aromatic rings. The molecule has 0 aliphatic carbocycles. The van der Waals surface area contributed by atoms with E-state index in [1.807, 2.05) is 85.7 Å². The van der Waals surface area contributed by atoms with Gasteiger partial charge in [-0.25, -0.2) is 4.90 Å². The fourth-order valence-corrected chi connectivity index (χ4v) is 9.09. The maximum absolute atomic E-state index is 14.1. The minimum absolute atomic E-state index is 0.216. The molecule has 11 heteroatoms. The summed E-state index contributed by atoms with van der Waals surface area (Å²) >= 11 is 5.67. The van der Waals surface area contributed by atoms with Gasteiger partial charge in [0.2, 0.25) is 17.7 Å². The van der Waals surface area contributed by atoms with E-state index in [0.29, 0.717) is 21.3 Å². The van der Waals surface area contributed by atoms with E-state index in [4.69, 9.17) is 0 Å². The van der Waals surface area contributed by atoms with Gasteiger partial charge < -0.3 is 10.2 Å². The third kappa shape index (κ3) is 5.28. The van der Waals surface area contributed by atoms with Crippen LogP contribution in [0.25, 0.3) is 10.8 Å². The molecule has 1 N–H and O–H groups in total. The first-order valence-corrected chi connectivity index (χ1v) is 16.8. The van der Waals surface area contributed by atoms with Crippen LogP contribution in [0.15, 0.2) is 105 Å². The van der Waals surface area contributed by atoms with Crippen LogP contribution in [0.4, 0.5) is 17.1 Å². The second kappa shape index (κ2) is 11.6. The number of benzene rings is 4. The summed E-state index contributed by atoms with van der Waals surface area (Å²) in [6.07, 6.45) is 0. The quantitative estimate of drug-likeness (QED) is 0.209. The van der Waals surface area contributed by atoms with E-state index in [1.165, 1.54) is 21.2 Å². The van der Waals surface area contributed by atoms with E-state index in [-0.39, 0.29) is 29.1 Å². The Balaban J connectivity index is 1.26. The van der Waals surface area contributed by atoms with Crippen LogP contribution in [0.1, 0.15) is 16.4 Å². The lowest BCUT2D eigenvalue weighted by Gasteiger charge is -2.31. The highest BCUT2D eigenvalue weighted by atomic mass is 79.9. The first-order chi connectivity index (χ1) is 21.7. The smallest absolute Gasteiger partial charge is 0.308 e. The fraction of sp³-hybridized carbons (Fsp3) is 0.176. The van der Waals surface area contributed by atoms with Crippen LogP contribution in [0.3, 0.4) is 0 Å². The largest absolute Gasteiger partial charge is 0.378 e. The van der Waals surface area contributed by atoms with Crippen LogP contribution in [-0.4, -0.2) is 41.6 Å². The first kappa shape index (κ1) is 29.5. The molecule has 7 rings (SSSR count). The Morgan fingerprint density at radius 3 is 2.31 bits per heavy atom. The predicted molar refractivity (Wildman–Crippen MR) is 184 cm³/mol. The number of rotatable bonds is 6. The molecule has 0 saturated carbocycles. The number of aromatic nitrogens is 1. The number of hydrogen-bond acceptors (Lipinski definition) is 7. The van der Waals surface area contributed by atoms with Gasteiger partial charge in [-0.1, -0.05) is 81.5 Å². The number of fused-ring (bicyclic) bond motifs is 3. The van der Waals surface area contributed by atoms with Crippen LogP contribution >= 0.6 is 39.0 Å². The topological polar surface area (TPSA) is 91.7 Å². The van der Waals surface area contributed by atoms with Gasteiger partial charge in [0, 0.05) is 40.7 Å². The van der Waals surface area contributed by atoms with Gasteiger partial charge in [-0.3, -0.25) is 23.7 Å². The van der Waals surface area contributed by atoms with Gasteiger partial charge in [0.1, 0.15) is 11.8 Å².